The molecule has 5 nitrogen and oxygen atoms in total. The number of methoxy groups -OCH3 is 1. The highest BCUT2D eigenvalue weighted by Gasteiger charge is 2.43. The van der Waals surface area contributed by atoms with E-state index in [1.54, 1.807) is 6.20 Å². The van der Waals surface area contributed by atoms with E-state index < -0.39 is 5.41 Å². The van der Waals surface area contributed by atoms with Gasteiger partial charge in [-0.25, -0.2) is 4.98 Å². The van der Waals surface area contributed by atoms with Crippen molar-refractivity contribution in [1.29, 1.82) is 0 Å². The van der Waals surface area contributed by atoms with E-state index in [2.05, 4.69) is 4.98 Å². The summed E-state index contributed by atoms with van der Waals surface area (Å²) in [6.45, 7) is 0.313. The Bertz CT molecular complexity index is 690. The van der Waals surface area contributed by atoms with Gasteiger partial charge in [0, 0.05) is 23.5 Å². The maximum Gasteiger partial charge on any atom is 0.315 e. The summed E-state index contributed by atoms with van der Waals surface area (Å²) in [4.78, 5) is 16.4. The predicted octanol–water partition coefficient (Wildman–Crippen LogP) is 3.44. The SMILES string of the molecule is COC(=O)C1(COc2ccc(-c3ccc(N)cc3)cn2)CCCC1. The molecular formula is C19H22N2O3. The number of rotatable bonds is 5. The number of carbonyl (C=O) groups excluding carboxylic acids is 1. The summed E-state index contributed by atoms with van der Waals surface area (Å²) in [6, 6.07) is 11.4. The monoisotopic (exact) mass is 326 g/mol. The molecule has 1 saturated carbocycles. The Morgan fingerprint density at radius 1 is 1.12 bits per heavy atom. The van der Waals surface area contributed by atoms with Crippen LogP contribution in [-0.4, -0.2) is 24.7 Å². The number of ether oxygens (including phenoxy) is 2. The van der Waals surface area contributed by atoms with E-state index in [0.717, 1.165) is 42.5 Å². The highest BCUT2D eigenvalue weighted by Crippen LogP contribution is 2.39. The molecule has 1 aliphatic carbocycles. The molecular weight excluding hydrogens is 304 g/mol. The van der Waals surface area contributed by atoms with Crippen molar-refractivity contribution >= 4 is 11.7 Å². The van der Waals surface area contributed by atoms with E-state index in [1.807, 2.05) is 36.4 Å². The van der Waals surface area contributed by atoms with Crippen LogP contribution in [0.15, 0.2) is 42.6 Å². The molecule has 0 atom stereocenters. The van der Waals surface area contributed by atoms with Gasteiger partial charge >= 0.3 is 5.97 Å². The van der Waals surface area contributed by atoms with Crippen LogP contribution in [0.1, 0.15) is 25.7 Å². The molecule has 2 aromatic rings. The third-order valence-electron chi connectivity index (χ3n) is 4.66. The number of pyridine rings is 1. The molecule has 3 rings (SSSR count). The summed E-state index contributed by atoms with van der Waals surface area (Å²) in [5, 5.41) is 0. The van der Waals surface area contributed by atoms with E-state index >= 15 is 0 Å². The zero-order valence-electron chi connectivity index (χ0n) is 13.8. The molecule has 1 aliphatic rings. The van der Waals surface area contributed by atoms with E-state index in [-0.39, 0.29) is 5.97 Å². The smallest absolute Gasteiger partial charge is 0.315 e. The first-order valence-corrected chi connectivity index (χ1v) is 8.16. The van der Waals surface area contributed by atoms with Gasteiger partial charge in [0.2, 0.25) is 5.88 Å². The first-order chi connectivity index (χ1) is 11.6. The fourth-order valence-electron chi connectivity index (χ4n) is 3.20. The molecule has 126 valence electrons. The molecule has 1 aromatic heterocycles. The zero-order chi connectivity index (χ0) is 17.0. The van der Waals surface area contributed by atoms with Crippen molar-refractivity contribution in [2.45, 2.75) is 25.7 Å². The number of nitrogens with zero attached hydrogens (tertiary/aromatic N) is 1. The second-order valence-corrected chi connectivity index (χ2v) is 6.27. The summed E-state index contributed by atoms with van der Waals surface area (Å²) in [5.74, 6) is 0.336. The van der Waals surface area contributed by atoms with Crippen molar-refractivity contribution in [2.75, 3.05) is 19.5 Å². The largest absolute Gasteiger partial charge is 0.476 e. The van der Waals surface area contributed by atoms with Gasteiger partial charge in [0.05, 0.1) is 7.11 Å². The maximum absolute atomic E-state index is 12.1. The van der Waals surface area contributed by atoms with Crippen molar-refractivity contribution in [3.8, 4) is 17.0 Å². The Hall–Kier alpha value is -2.56. The van der Waals surface area contributed by atoms with Gasteiger partial charge in [-0.1, -0.05) is 25.0 Å². The van der Waals surface area contributed by atoms with Crippen molar-refractivity contribution in [2.24, 2.45) is 5.41 Å². The molecule has 1 aromatic carbocycles. The van der Waals surface area contributed by atoms with E-state index in [9.17, 15) is 4.79 Å². The molecule has 0 amide bonds. The lowest BCUT2D eigenvalue weighted by molar-refractivity contribution is -0.154. The van der Waals surface area contributed by atoms with E-state index in [0.29, 0.717) is 12.5 Å². The Balaban J connectivity index is 1.68. The molecule has 1 heterocycles. The average Bonchev–Trinajstić information content (AvgIpc) is 3.11. The van der Waals surface area contributed by atoms with Crippen molar-refractivity contribution in [3.05, 3.63) is 42.6 Å². The minimum absolute atomic E-state index is 0.182. The normalized spacial score (nSPS) is 15.9. The number of hydrogen-bond acceptors (Lipinski definition) is 5. The van der Waals surface area contributed by atoms with Crippen LogP contribution < -0.4 is 10.5 Å². The Labute approximate surface area is 141 Å². The van der Waals surface area contributed by atoms with E-state index in [4.69, 9.17) is 15.2 Å². The summed E-state index contributed by atoms with van der Waals surface area (Å²) in [5.41, 5.74) is 7.95. The second kappa shape index (κ2) is 6.91. The molecule has 0 saturated heterocycles. The third kappa shape index (κ3) is 3.35. The standard InChI is InChI=1S/C19H22N2O3/c1-23-18(22)19(10-2-3-11-19)13-24-17-9-6-15(12-21-17)14-4-7-16(20)8-5-14/h4-9,12H,2-3,10-11,13,20H2,1H3. The molecule has 0 aliphatic heterocycles. The van der Waals surface area contributed by atoms with Crippen LogP contribution in [0.25, 0.3) is 11.1 Å². The lowest BCUT2D eigenvalue weighted by atomic mass is 9.87. The lowest BCUT2D eigenvalue weighted by Crippen LogP contribution is -2.35. The Morgan fingerprint density at radius 3 is 2.38 bits per heavy atom. The number of esters is 1. The third-order valence-corrected chi connectivity index (χ3v) is 4.66. The summed E-state index contributed by atoms with van der Waals surface area (Å²) >= 11 is 0. The first-order valence-electron chi connectivity index (χ1n) is 8.16. The number of hydrogen-bond donors (Lipinski definition) is 1. The average molecular weight is 326 g/mol. The molecule has 0 unspecified atom stereocenters. The molecule has 1 fully saturated rings. The molecule has 2 N–H and O–H groups in total. The Kier molecular flexibility index (Phi) is 4.69. The number of nitrogens with two attached hydrogens (primary N) is 1. The maximum atomic E-state index is 12.1. The van der Waals surface area contributed by atoms with Crippen molar-refractivity contribution < 1.29 is 14.3 Å². The van der Waals surface area contributed by atoms with Crippen LogP contribution in [0.4, 0.5) is 5.69 Å². The van der Waals surface area contributed by atoms with Gasteiger partial charge in [-0.2, -0.15) is 0 Å². The quantitative estimate of drug-likeness (QED) is 0.673. The first kappa shape index (κ1) is 16.3. The van der Waals surface area contributed by atoms with Gasteiger partial charge in [-0.3, -0.25) is 4.79 Å². The highest BCUT2D eigenvalue weighted by atomic mass is 16.5. The van der Waals surface area contributed by atoms with Gasteiger partial charge in [0.25, 0.3) is 0 Å². The number of benzene rings is 1. The molecule has 0 radical (unpaired) electrons. The predicted molar refractivity (Wildman–Crippen MR) is 92.5 cm³/mol. The number of carbonyl (C=O) groups is 1. The Morgan fingerprint density at radius 2 is 1.79 bits per heavy atom. The van der Waals surface area contributed by atoms with Gasteiger partial charge in [0.15, 0.2) is 0 Å². The van der Waals surface area contributed by atoms with Crippen LogP contribution in [0.2, 0.25) is 0 Å². The van der Waals surface area contributed by atoms with Crippen LogP contribution in [-0.2, 0) is 9.53 Å². The van der Waals surface area contributed by atoms with Crippen molar-refractivity contribution in [1.82, 2.24) is 4.98 Å². The number of nitrogen functional groups attached to an aromatic ring is 1. The topological polar surface area (TPSA) is 74.4 Å². The van der Waals surface area contributed by atoms with Gasteiger partial charge < -0.3 is 15.2 Å². The fourth-order valence-corrected chi connectivity index (χ4v) is 3.20. The van der Waals surface area contributed by atoms with E-state index in [1.165, 1.54) is 7.11 Å². The molecule has 0 bridgehead atoms. The fraction of sp³-hybridized carbons (Fsp3) is 0.368. The number of anilines is 1. The minimum Gasteiger partial charge on any atom is -0.476 e. The second-order valence-electron chi connectivity index (χ2n) is 6.27. The summed E-state index contributed by atoms with van der Waals surface area (Å²) < 4.78 is 10.8. The molecule has 5 heteroatoms. The van der Waals surface area contributed by atoms with Gasteiger partial charge in [0.1, 0.15) is 12.0 Å². The van der Waals surface area contributed by atoms with Crippen LogP contribution in [0, 0.1) is 5.41 Å². The van der Waals surface area contributed by atoms with Crippen LogP contribution >= 0.6 is 0 Å². The van der Waals surface area contributed by atoms with Gasteiger partial charge in [-0.05, 0) is 36.6 Å². The van der Waals surface area contributed by atoms with Crippen LogP contribution in [0.3, 0.4) is 0 Å². The zero-order valence-corrected chi connectivity index (χ0v) is 13.8. The molecule has 0 spiro atoms. The van der Waals surface area contributed by atoms with Gasteiger partial charge in [-0.15, -0.1) is 0 Å². The van der Waals surface area contributed by atoms with Crippen molar-refractivity contribution in [3.63, 3.8) is 0 Å². The number of aromatic nitrogens is 1. The minimum atomic E-state index is -0.522. The summed E-state index contributed by atoms with van der Waals surface area (Å²) in [7, 11) is 1.43. The lowest BCUT2D eigenvalue weighted by Gasteiger charge is -2.25. The molecule has 24 heavy (non-hydrogen) atoms. The highest BCUT2D eigenvalue weighted by molar-refractivity contribution is 5.77. The van der Waals surface area contributed by atoms with Crippen LogP contribution in [0.5, 0.6) is 5.88 Å². The summed E-state index contributed by atoms with van der Waals surface area (Å²) in [6.07, 6.45) is 5.44.